The van der Waals surface area contributed by atoms with Crippen LogP contribution >= 0.6 is 0 Å². The van der Waals surface area contributed by atoms with Crippen LogP contribution in [-0.4, -0.2) is 16.9 Å². The Hall–Kier alpha value is -1.90. The Morgan fingerprint density at radius 3 is 2.39 bits per heavy atom. The van der Waals surface area contributed by atoms with E-state index in [1.807, 2.05) is 30.3 Å². The third-order valence-corrected chi connectivity index (χ3v) is 3.25. The maximum atomic E-state index is 12.3. The van der Waals surface area contributed by atoms with Crippen molar-refractivity contribution in [1.29, 1.82) is 0 Å². The van der Waals surface area contributed by atoms with E-state index in [1.54, 1.807) is 6.92 Å². The average Bonchev–Trinajstić information content (AvgIpc) is 2.36. The molecule has 0 aliphatic heterocycles. The number of rotatable bonds is 7. The summed E-state index contributed by atoms with van der Waals surface area (Å²) in [6.45, 7) is 5.27. The summed E-state index contributed by atoms with van der Waals surface area (Å²) in [5, 5.41) is 9.33. The Balaban J connectivity index is 2.96. The van der Waals surface area contributed by atoms with Crippen molar-refractivity contribution in [1.82, 2.24) is 0 Å². The highest BCUT2D eigenvalue weighted by Gasteiger charge is 2.42. The first kappa shape index (κ1) is 14.2. The molecule has 0 radical (unpaired) electrons. The fourth-order valence-corrected chi connectivity index (χ4v) is 2.01. The Morgan fingerprint density at radius 1 is 1.33 bits per heavy atom. The van der Waals surface area contributed by atoms with Gasteiger partial charge in [-0.15, -0.1) is 6.58 Å². The molecule has 1 aromatic carbocycles. The molecule has 1 unspecified atom stereocenters. The van der Waals surface area contributed by atoms with Gasteiger partial charge in [-0.2, -0.15) is 0 Å². The van der Waals surface area contributed by atoms with Gasteiger partial charge in [-0.3, -0.25) is 9.59 Å². The van der Waals surface area contributed by atoms with Crippen molar-refractivity contribution in [3.05, 3.63) is 48.6 Å². The monoisotopic (exact) mass is 246 g/mol. The zero-order valence-corrected chi connectivity index (χ0v) is 10.6. The maximum absolute atomic E-state index is 12.3. The highest BCUT2D eigenvalue weighted by Crippen LogP contribution is 2.30. The summed E-state index contributed by atoms with van der Waals surface area (Å²) in [5.74, 6) is -1.32. The van der Waals surface area contributed by atoms with Crippen LogP contribution in [-0.2, 0) is 16.0 Å². The summed E-state index contributed by atoms with van der Waals surface area (Å²) in [6, 6.07) is 9.19. The van der Waals surface area contributed by atoms with Crippen molar-refractivity contribution in [3.63, 3.8) is 0 Å². The van der Waals surface area contributed by atoms with Crippen LogP contribution in [0.1, 0.15) is 25.3 Å². The van der Waals surface area contributed by atoms with Crippen LogP contribution in [0.5, 0.6) is 0 Å². The molecule has 3 nitrogen and oxygen atoms in total. The minimum atomic E-state index is -1.34. The highest BCUT2D eigenvalue weighted by molar-refractivity contribution is 6.04. The molecule has 0 fully saturated rings. The lowest BCUT2D eigenvalue weighted by Crippen LogP contribution is -2.39. The van der Waals surface area contributed by atoms with E-state index in [-0.39, 0.29) is 25.0 Å². The molecular formula is C15H18O3. The topological polar surface area (TPSA) is 54.4 Å². The number of carbonyl (C=O) groups excluding carboxylic acids is 1. The number of carbonyl (C=O) groups is 2. The van der Waals surface area contributed by atoms with Crippen LogP contribution < -0.4 is 0 Å². The van der Waals surface area contributed by atoms with Gasteiger partial charge in [0.25, 0.3) is 0 Å². The van der Waals surface area contributed by atoms with Crippen LogP contribution in [0.25, 0.3) is 0 Å². The van der Waals surface area contributed by atoms with Crippen LogP contribution in [0.15, 0.2) is 43.0 Å². The molecule has 1 rings (SSSR count). The third-order valence-electron chi connectivity index (χ3n) is 3.25. The standard InChI is InChI=1S/C15H18O3/c1-3-10-15(4-2,14(17)18)13(16)11-12-8-6-5-7-9-12/h3,5-9H,1,4,10-11H2,2H3,(H,17,18). The molecule has 0 aliphatic rings. The smallest absolute Gasteiger partial charge is 0.317 e. The molecule has 1 N–H and O–H groups in total. The van der Waals surface area contributed by atoms with E-state index >= 15 is 0 Å². The predicted octanol–water partition coefficient (Wildman–Crippen LogP) is 2.86. The molecule has 0 saturated carbocycles. The van der Waals surface area contributed by atoms with Gasteiger partial charge in [0.1, 0.15) is 5.41 Å². The van der Waals surface area contributed by atoms with Crippen molar-refractivity contribution < 1.29 is 14.7 Å². The molecule has 0 heterocycles. The molecule has 3 heteroatoms. The van der Waals surface area contributed by atoms with Crippen molar-refractivity contribution in [3.8, 4) is 0 Å². The van der Waals surface area contributed by atoms with Crippen molar-refractivity contribution in [2.75, 3.05) is 0 Å². The van der Waals surface area contributed by atoms with Crippen LogP contribution in [0, 0.1) is 5.41 Å². The summed E-state index contributed by atoms with van der Waals surface area (Å²) >= 11 is 0. The molecule has 0 amide bonds. The maximum Gasteiger partial charge on any atom is 0.317 e. The second-order valence-corrected chi connectivity index (χ2v) is 4.32. The van der Waals surface area contributed by atoms with Gasteiger partial charge in [0.15, 0.2) is 5.78 Å². The first-order valence-electron chi connectivity index (χ1n) is 5.98. The fourth-order valence-electron chi connectivity index (χ4n) is 2.01. The Bertz CT molecular complexity index is 436. The van der Waals surface area contributed by atoms with Gasteiger partial charge in [0, 0.05) is 6.42 Å². The molecule has 0 saturated heterocycles. The molecule has 96 valence electrons. The third kappa shape index (κ3) is 2.86. The predicted molar refractivity (Wildman–Crippen MR) is 70.3 cm³/mol. The van der Waals surface area contributed by atoms with E-state index < -0.39 is 11.4 Å². The van der Waals surface area contributed by atoms with Gasteiger partial charge in [0.2, 0.25) is 0 Å². The molecule has 0 aliphatic carbocycles. The molecule has 0 aromatic heterocycles. The lowest BCUT2D eigenvalue weighted by molar-refractivity contribution is -0.154. The van der Waals surface area contributed by atoms with Crippen molar-refractivity contribution in [2.45, 2.75) is 26.2 Å². The number of carboxylic acids is 1. The zero-order valence-electron chi connectivity index (χ0n) is 10.6. The van der Waals surface area contributed by atoms with Gasteiger partial charge < -0.3 is 5.11 Å². The second kappa shape index (κ2) is 6.15. The summed E-state index contributed by atoms with van der Waals surface area (Å²) in [5.41, 5.74) is -0.497. The van der Waals surface area contributed by atoms with Gasteiger partial charge >= 0.3 is 5.97 Å². The van der Waals surface area contributed by atoms with Crippen molar-refractivity contribution in [2.24, 2.45) is 5.41 Å². The summed E-state index contributed by atoms with van der Waals surface area (Å²) in [4.78, 5) is 23.7. The Kier molecular flexibility index (Phi) is 4.84. The average molecular weight is 246 g/mol. The summed E-state index contributed by atoms with van der Waals surface area (Å²) in [6.07, 6.45) is 2.10. The molecule has 0 bridgehead atoms. The number of allylic oxidation sites excluding steroid dienone is 1. The molecule has 18 heavy (non-hydrogen) atoms. The number of Topliss-reactive ketones (excluding diaryl/α,β-unsaturated/α-hetero) is 1. The van der Waals surface area contributed by atoms with Crippen molar-refractivity contribution >= 4 is 11.8 Å². The molecule has 1 atom stereocenters. The number of ketones is 1. The van der Waals surface area contributed by atoms with E-state index in [1.165, 1.54) is 6.08 Å². The van der Waals surface area contributed by atoms with E-state index in [2.05, 4.69) is 6.58 Å². The van der Waals surface area contributed by atoms with E-state index in [0.717, 1.165) is 5.56 Å². The van der Waals surface area contributed by atoms with Gasteiger partial charge in [-0.25, -0.2) is 0 Å². The number of hydrogen-bond acceptors (Lipinski definition) is 2. The number of carboxylic acid groups (broad SMARTS) is 1. The number of benzene rings is 1. The van der Waals surface area contributed by atoms with E-state index in [0.29, 0.717) is 0 Å². The molecular weight excluding hydrogens is 228 g/mol. The number of aliphatic carboxylic acids is 1. The first-order chi connectivity index (χ1) is 8.56. The minimum absolute atomic E-state index is 0.148. The van der Waals surface area contributed by atoms with Gasteiger partial charge in [-0.05, 0) is 18.4 Å². The summed E-state index contributed by atoms with van der Waals surface area (Å²) < 4.78 is 0. The summed E-state index contributed by atoms with van der Waals surface area (Å²) in [7, 11) is 0. The molecule has 0 spiro atoms. The highest BCUT2D eigenvalue weighted by atomic mass is 16.4. The SMILES string of the molecule is C=CCC(CC)(C(=O)O)C(=O)Cc1ccccc1. The van der Waals surface area contributed by atoms with Crippen LogP contribution in [0.3, 0.4) is 0 Å². The van der Waals surface area contributed by atoms with Gasteiger partial charge in [0.05, 0.1) is 0 Å². The Morgan fingerprint density at radius 2 is 1.94 bits per heavy atom. The lowest BCUT2D eigenvalue weighted by atomic mass is 9.76. The van der Waals surface area contributed by atoms with E-state index in [9.17, 15) is 14.7 Å². The van der Waals surface area contributed by atoms with Crippen LogP contribution in [0.4, 0.5) is 0 Å². The normalized spacial score (nSPS) is 13.6. The number of hydrogen-bond donors (Lipinski definition) is 1. The fraction of sp³-hybridized carbons (Fsp3) is 0.333. The minimum Gasteiger partial charge on any atom is -0.480 e. The first-order valence-corrected chi connectivity index (χ1v) is 5.98. The van der Waals surface area contributed by atoms with Crippen LogP contribution in [0.2, 0.25) is 0 Å². The molecule has 1 aromatic rings. The zero-order chi connectivity index (χ0) is 13.6. The quantitative estimate of drug-likeness (QED) is 0.594. The Labute approximate surface area is 107 Å². The second-order valence-electron chi connectivity index (χ2n) is 4.32. The largest absolute Gasteiger partial charge is 0.480 e. The lowest BCUT2D eigenvalue weighted by Gasteiger charge is -2.25. The van der Waals surface area contributed by atoms with Gasteiger partial charge in [-0.1, -0.05) is 43.3 Å². The van der Waals surface area contributed by atoms with E-state index in [4.69, 9.17) is 0 Å².